The van der Waals surface area contributed by atoms with Gasteiger partial charge in [-0.1, -0.05) is 6.07 Å². The second-order valence-corrected chi connectivity index (χ2v) is 4.98. The maximum atomic E-state index is 12.3. The lowest BCUT2D eigenvalue weighted by Gasteiger charge is -2.27. The Bertz CT molecular complexity index is 753. The molecule has 1 aliphatic heterocycles. The first-order valence-corrected chi connectivity index (χ1v) is 6.63. The Hall–Kier alpha value is -2.89. The summed E-state index contributed by atoms with van der Waals surface area (Å²) in [6.45, 7) is 0. The summed E-state index contributed by atoms with van der Waals surface area (Å²) < 4.78 is 10.9. The summed E-state index contributed by atoms with van der Waals surface area (Å²) >= 11 is 0. The van der Waals surface area contributed by atoms with Crippen LogP contribution in [0, 0.1) is 0 Å². The first-order valence-electron chi connectivity index (χ1n) is 6.63. The Morgan fingerprint density at radius 1 is 1.09 bits per heavy atom. The summed E-state index contributed by atoms with van der Waals surface area (Å²) in [4.78, 5) is 12.3. The van der Waals surface area contributed by atoms with E-state index < -0.39 is 6.10 Å². The lowest BCUT2D eigenvalue weighted by molar-refractivity contribution is 0.0841. The standard InChI is InChI=1S/C16H14O6/c1-21-16-11(18)5-3-9-12(19)7-14(22-15(9)16)8-2-4-10(17)13(20)6-8/h2-6,14,17-18,20H,7H2,1H3. The number of rotatable bonds is 2. The van der Waals surface area contributed by atoms with Crippen LogP contribution in [0.25, 0.3) is 0 Å². The Morgan fingerprint density at radius 2 is 1.82 bits per heavy atom. The molecule has 0 aliphatic carbocycles. The lowest BCUT2D eigenvalue weighted by atomic mass is 9.95. The van der Waals surface area contributed by atoms with Crippen molar-refractivity contribution < 1.29 is 29.6 Å². The molecule has 6 heteroatoms. The number of benzene rings is 2. The van der Waals surface area contributed by atoms with E-state index in [1.54, 1.807) is 6.07 Å². The number of carbonyl (C=O) groups is 1. The van der Waals surface area contributed by atoms with Gasteiger partial charge in [0, 0.05) is 0 Å². The highest BCUT2D eigenvalue weighted by molar-refractivity contribution is 6.01. The number of phenolic OH excluding ortho intramolecular Hbond substituents is 3. The average molecular weight is 302 g/mol. The summed E-state index contributed by atoms with van der Waals surface area (Å²) in [6.07, 6.45) is -0.548. The molecular formula is C16H14O6. The number of fused-ring (bicyclic) bond motifs is 1. The van der Waals surface area contributed by atoms with Crippen LogP contribution in [-0.4, -0.2) is 28.2 Å². The molecule has 1 atom stereocenters. The zero-order chi connectivity index (χ0) is 15.9. The third-order valence-corrected chi connectivity index (χ3v) is 3.60. The molecule has 0 amide bonds. The smallest absolute Gasteiger partial charge is 0.203 e. The van der Waals surface area contributed by atoms with Gasteiger partial charge in [0.15, 0.2) is 28.8 Å². The number of carbonyl (C=O) groups excluding carboxylic acids is 1. The van der Waals surface area contributed by atoms with Gasteiger partial charge in [-0.15, -0.1) is 0 Å². The first-order chi connectivity index (χ1) is 10.5. The highest BCUT2D eigenvalue weighted by atomic mass is 16.5. The monoisotopic (exact) mass is 302 g/mol. The van der Waals surface area contributed by atoms with Gasteiger partial charge in [-0.25, -0.2) is 0 Å². The number of hydrogen-bond donors (Lipinski definition) is 3. The molecule has 6 nitrogen and oxygen atoms in total. The highest BCUT2D eigenvalue weighted by Gasteiger charge is 2.31. The molecule has 3 N–H and O–H groups in total. The van der Waals surface area contributed by atoms with E-state index in [1.165, 1.54) is 31.4 Å². The van der Waals surface area contributed by atoms with Crippen molar-refractivity contribution in [3.63, 3.8) is 0 Å². The van der Waals surface area contributed by atoms with E-state index in [9.17, 15) is 20.1 Å². The molecular weight excluding hydrogens is 288 g/mol. The van der Waals surface area contributed by atoms with Crippen LogP contribution in [0.15, 0.2) is 30.3 Å². The van der Waals surface area contributed by atoms with E-state index in [1.807, 2.05) is 0 Å². The summed E-state index contributed by atoms with van der Waals surface area (Å²) in [5.74, 6) is -0.543. The predicted octanol–water partition coefficient (Wildman–Crippen LogP) is 2.52. The van der Waals surface area contributed by atoms with E-state index in [0.717, 1.165) is 0 Å². The van der Waals surface area contributed by atoms with Crippen molar-refractivity contribution in [2.75, 3.05) is 7.11 Å². The fraction of sp³-hybridized carbons (Fsp3) is 0.188. The van der Waals surface area contributed by atoms with Crippen LogP contribution in [-0.2, 0) is 0 Å². The van der Waals surface area contributed by atoms with E-state index in [0.29, 0.717) is 11.1 Å². The molecule has 0 saturated carbocycles. The van der Waals surface area contributed by atoms with Crippen molar-refractivity contribution in [1.29, 1.82) is 0 Å². The minimum absolute atomic E-state index is 0.0884. The maximum Gasteiger partial charge on any atom is 0.203 e. The Morgan fingerprint density at radius 3 is 2.50 bits per heavy atom. The molecule has 0 saturated heterocycles. The van der Waals surface area contributed by atoms with Gasteiger partial charge in [0.1, 0.15) is 6.10 Å². The molecule has 1 unspecified atom stereocenters. The van der Waals surface area contributed by atoms with Crippen molar-refractivity contribution >= 4 is 5.78 Å². The zero-order valence-electron chi connectivity index (χ0n) is 11.7. The predicted molar refractivity (Wildman–Crippen MR) is 76.7 cm³/mol. The van der Waals surface area contributed by atoms with Gasteiger partial charge in [0.25, 0.3) is 0 Å². The van der Waals surface area contributed by atoms with Crippen molar-refractivity contribution in [2.45, 2.75) is 12.5 Å². The van der Waals surface area contributed by atoms with E-state index >= 15 is 0 Å². The van der Waals surface area contributed by atoms with Crippen molar-refractivity contribution in [2.24, 2.45) is 0 Å². The number of methoxy groups -OCH3 is 1. The molecule has 2 aromatic rings. The summed E-state index contributed by atoms with van der Waals surface area (Å²) in [5, 5.41) is 28.7. The van der Waals surface area contributed by atoms with Crippen LogP contribution in [0.2, 0.25) is 0 Å². The number of ether oxygens (including phenoxy) is 2. The largest absolute Gasteiger partial charge is 0.504 e. The average Bonchev–Trinajstić information content (AvgIpc) is 2.49. The fourth-order valence-electron chi connectivity index (χ4n) is 2.48. The van der Waals surface area contributed by atoms with Crippen LogP contribution in [0.4, 0.5) is 0 Å². The van der Waals surface area contributed by atoms with Crippen LogP contribution in [0.1, 0.15) is 28.4 Å². The van der Waals surface area contributed by atoms with E-state index in [-0.39, 0.29) is 41.0 Å². The van der Waals surface area contributed by atoms with Crippen LogP contribution in [0.5, 0.6) is 28.7 Å². The quantitative estimate of drug-likeness (QED) is 0.738. The molecule has 22 heavy (non-hydrogen) atoms. The zero-order valence-corrected chi connectivity index (χ0v) is 11.7. The third kappa shape index (κ3) is 2.18. The molecule has 0 fully saturated rings. The highest BCUT2D eigenvalue weighted by Crippen LogP contribution is 2.46. The molecule has 0 spiro atoms. The minimum Gasteiger partial charge on any atom is -0.504 e. The lowest BCUT2D eigenvalue weighted by Crippen LogP contribution is -2.20. The SMILES string of the molecule is COc1c(O)ccc2c1OC(c1ccc(O)c(O)c1)CC2=O. The first kappa shape index (κ1) is 14.1. The fourth-order valence-corrected chi connectivity index (χ4v) is 2.48. The van der Waals surface area contributed by atoms with Crippen molar-refractivity contribution in [3.8, 4) is 28.7 Å². The Kier molecular flexibility index (Phi) is 3.29. The Balaban J connectivity index is 2.04. The summed E-state index contributed by atoms with van der Waals surface area (Å²) in [6, 6.07) is 7.10. The molecule has 3 rings (SSSR count). The minimum atomic E-state index is -0.637. The molecule has 114 valence electrons. The van der Waals surface area contributed by atoms with Gasteiger partial charge >= 0.3 is 0 Å². The second-order valence-electron chi connectivity index (χ2n) is 4.98. The normalized spacial score (nSPS) is 16.8. The topological polar surface area (TPSA) is 96.2 Å². The maximum absolute atomic E-state index is 12.3. The molecule has 1 heterocycles. The van der Waals surface area contributed by atoms with Crippen LogP contribution in [0.3, 0.4) is 0 Å². The summed E-state index contributed by atoms with van der Waals surface area (Å²) in [5.41, 5.74) is 0.883. The second kappa shape index (κ2) is 5.14. The van der Waals surface area contributed by atoms with Gasteiger partial charge in [-0.3, -0.25) is 4.79 Å². The number of hydrogen-bond acceptors (Lipinski definition) is 6. The van der Waals surface area contributed by atoms with Crippen molar-refractivity contribution in [3.05, 3.63) is 41.5 Å². The number of aromatic hydroxyl groups is 3. The molecule has 0 radical (unpaired) electrons. The van der Waals surface area contributed by atoms with Gasteiger partial charge in [-0.05, 0) is 29.8 Å². The van der Waals surface area contributed by atoms with E-state index in [4.69, 9.17) is 9.47 Å². The van der Waals surface area contributed by atoms with Crippen LogP contribution < -0.4 is 9.47 Å². The van der Waals surface area contributed by atoms with E-state index in [2.05, 4.69) is 0 Å². The molecule has 0 bridgehead atoms. The number of ketones is 1. The van der Waals surface area contributed by atoms with Crippen LogP contribution >= 0.6 is 0 Å². The molecule has 0 aromatic heterocycles. The van der Waals surface area contributed by atoms with Gasteiger partial charge in [0.05, 0.1) is 19.1 Å². The molecule has 1 aliphatic rings. The van der Waals surface area contributed by atoms with Crippen molar-refractivity contribution in [1.82, 2.24) is 0 Å². The number of phenols is 3. The summed E-state index contributed by atoms with van der Waals surface area (Å²) in [7, 11) is 1.37. The third-order valence-electron chi connectivity index (χ3n) is 3.60. The van der Waals surface area contributed by atoms with Gasteiger partial charge in [0.2, 0.25) is 5.75 Å². The molecule has 2 aromatic carbocycles. The van der Waals surface area contributed by atoms with Gasteiger partial charge in [-0.2, -0.15) is 0 Å². The Labute approximate surface area is 126 Å². The van der Waals surface area contributed by atoms with Gasteiger partial charge < -0.3 is 24.8 Å². The number of Topliss-reactive ketones (excluding diaryl/α,β-unsaturated/α-hetero) is 1.